The van der Waals surface area contributed by atoms with E-state index in [-0.39, 0.29) is 0 Å². The molecule has 2 aromatic rings. The van der Waals surface area contributed by atoms with Gasteiger partial charge in [-0.15, -0.1) is 0 Å². The number of nitrogens with one attached hydrogen (secondary N) is 1. The number of halogens is 1. The maximum Gasteiger partial charge on any atom is 0.142 e. The van der Waals surface area contributed by atoms with Crippen molar-refractivity contribution in [3.8, 4) is 11.8 Å². The van der Waals surface area contributed by atoms with Crippen LogP contribution in [0.1, 0.15) is 5.69 Å². The van der Waals surface area contributed by atoms with Gasteiger partial charge in [0.25, 0.3) is 0 Å². The first-order valence-electron chi connectivity index (χ1n) is 4.01. The Kier molecular flexibility index (Phi) is 2.18. The van der Waals surface area contributed by atoms with E-state index in [1.54, 1.807) is 13.2 Å². The van der Waals surface area contributed by atoms with E-state index in [4.69, 9.17) is 10.00 Å². The van der Waals surface area contributed by atoms with Crippen molar-refractivity contribution < 1.29 is 4.74 Å². The molecule has 0 amide bonds. The predicted octanol–water partition coefficient (Wildman–Crippen LogP) is 2.81. The van der Waals surface area contributed by atoms with E-state index in [2.05, 4.69) is 27.0 Å². The Morgan fingerprint density at radius 2 is 2.29 bits per heavy atom. The first-order valence-corrected chi connectivity index (χ1v) is 4.81. The van der Waals surface area contributed by atoms with Gasteiger partial charge < -0.3 is 9.72 Å². The second kappa shape index (κ2) is 3.35. The number of nitriles is 1. The summed E-state index contributed by atoms with van der Waals surface area (Å²) in [6, 6.07) is 7.63. The van der Waals surface area contributed by atoms with E-state index in [1.807, 2.05) is 12.1 Å². The molecule has 0 fully saturated rings. The SMILES string of the molecule is COc1c(Br)ccc2[nH]c(C#N)cc12. The van der Waals surface area contributed by atoms with Gasteiger partial charge in [0.05, 0.1) is 17.1 Å². The summed E-state index contributed by atoms with van der Waals surface area (Å²) < 4.78 is 6.12. The number of methoxy groups -OCH3 is 1. The molecule has 0 aliphatic heterocycles. The topological polar surface area (TPSA) is 48.8 Å². The van der Waals surface area contributed by atoms with Gasteiger partial charge in [-0.05, 0) is 34.1 Å². The zero-order chi connectivity index (χ0) is 10.1. The van der Waals surface area contributed by atoms with Crippen LogP contribution in [0.15, 0.2) is 22.7 Å². The van der Waals surface area contributed by atoms with Gasteiger partial charge >= 0.3 is 0 Å². The number of H-pyrrole nitrogens is 1. The Labute approximate surface area is 89.4 Å². The Hall–Kier alpha value is -1.47. The molecule has 0 saturated carbocycles. The van der Waals surface area contributed by atoms with Crippen molar-refractivity contribution in [2.75, 3.05) is 7.11 Å². The molecule has 1 heterocycles. The van der Waals surface area contributed by atoms with Gasteiger partial charge in [0.15, 0.2) is 0 Å². The minimum Gasteiger partial charge on any atom is -0.495 e. The highest BCUT2D eigenvalue weighted by molar-refractivity contribution is 9.10. The van der Waals surface area contributed by atoms with Crippen LogP contribution in [-0.2, 0) is 0 Å². The van der Waals surface area contributed by atoms with Crippen molar-refractivity contribution in [1.29, 1.82) is 5.26 Å². The van der Waals surface area contributed by atoms with Crippen molar-refractivity contribution in [3.05, 3.63) is 28.4 Å². The number of hydrogen-bond acceptors (Lipinski definition) is 2. The van der Waals surface area contributed by atoms with Crippen LogP contribution < -0.4 is 4.74 Å². The standard InChI is InChI=1S/C10H7BrN2O/c1-14-10-7-4-6(5-12)13-9(7)3-2-8(10)11/h2-4,13H,1H3. The summed E-state index contributed by atoms with van der Waals surface area (Å²) in [6.45, 7) is 0. The Morgan fingerprint density at radius 1 is 1.50 bits per heavy atom. The monoisotopic (exact) mass is 250 g/mol. The molecule has 3 nitrogen and oxygen atoms in total. The summed E-state index contributed by atoms with van der Waals surface area (Å²) in [4.78, 5) is 2.99. The van der Waals surface area contributed by atoms with E-state index in [0.29, 0.717) is 5.69 Å². The molecule has 0 atom stereocenters. The average Bonchev–Trinajstić information content (AvgIpc) is 2.60. The summed E-state index contributed by atoms with van der Waals surface area (Å²) in [5, 5.41) is 9.65. The van der Waals surface area contributed by atoms with Crippen molar-refractivity contribution in [2.24, 2.45) is 0 Å². The summed E-state index contributed by atoms with van der Waals surface area (Å²) in [7, 11) is 1.61. The fourth-order valence-corrected chi connectivity index (χ4v) is 1.93. The highest BCUT2D eigenvalue weighted by atomic mass is 79.9. The van der Waals surface area contributed by atoms with E-state index in [0.717, 1.165) is 21.1 Å². The van der Waals surface area contributed by atoms with Crippen LogP contribution in [0.25, 0.3) is 10.9 Å². The molecule has 0 unspecified atom stereocenters. The van der Waals surface area contributed by atoms with E-state index in [1.165, 1.54) is 0 Å². The first kappa shape index (κ1) is 9.10. The van der Waals surface area contributed by atoms with Gasteiger partial charge in [-0.1, -0.05) is 0 Å². The summed E-state index contributed by atoms with van der Waals surface area (Å²) in [6.07, 6.45) is 0. The molecule has 0 saturated heterocycles. The lowest BCUT2D eigenvalue weighted by molar-refractivity contribution is 0.417. The molecule has 0 aliphatic carbocycles. The fraction of sp³-hybridized carbons (Fsp3) is 0.100. The molecule has 0 radical (unpaired) electrons. The van der Waals surface area contributed by atoms with Crippen LogP contribution in [0.3, 0.4) is 0 Å². The average molecular weight is 251 g/mol. The summed E-state index contributed by atoms with van der Waals surface area (Å²) >= 11 is 3.39. The molecule has 70 valence electrons. The third-order valence-electron chi connectivity index (χ3n) is 2.03. The van der Waals surface area contributed by atoms with Crippen LogP contribution in [0.2, 0.25) is 0 Å². The molecule has 2 rings (SSSR count). The zero-order valence-corrected chi connectivity index (χ0v) is 9.05. The number of nitrogens with zero attached hydrogens (tertiary/aromatic N) is 1. The molecule has 1 aromatic carbocycles. The largest absolute Gasteiger partial charge is 0.495 e. The van der Waals surface area contributed by atoms with Gasteiger partial charge in [0.2, 0.25) is 0 Å². The van der Waals surface area contributed by atoms with Gasteiger partial charge in [0.1, 0.15) is 17.5 Å². The lowest BCUT2D eigenvalue weighted by Crippen LogP contribution is -1.84. The van der Waals surface area contributed by atoms with Crippen molar-refractivity contribution in [2.45, 2.75) is 0 Å². The number of hydrogen-bond donors (Lipinski definition) is 1. The maximum atomic E-state index is 8.74. The van der Waals surface area contributed by atoms with Gasteiger partial charge in [-0.2, -0.15) is 5.26 Å². The highest BCUT2D eigenvalue weighted by Crippen LogP contribution is 2.33. The first-order chi connectivity index (χ1) is 6.76. The normalized spacial score (nSPS) is 10.1. The van der Waals surface area contributed by atoms with Crippen LogP contribution in [0, 0.1) is 11.3 Å². The van der Waals surface area contributed by atoms with E-state index < -0.39 is 0 Å². The van der Waals surface area contributed by atoms with E-state index >= 15 is 0 Å². The highest BCUT2D eigenvalue weighted by Gasteiger charge is 2.08. The maximum absolute atomic E-state index is 8.74. The molecule has 0 bridgehead atoms. The number of aromatic nitrogens is 1. The third kappa shape index (κ3) is 1.26. The molecular weight excluding hydrogens is 244 g/mol. The van der Waals surface area contributed by atoms with Crippen LogP contribution in [0.5, 0.6) is 5.75 Å². The number of fused-ring (bicyclic) bond motifs is 1. The minimum absolute atomic E-state index is 0.538. The predicted molar refractivity (Wildman–Crippen MR) is 57.3 cm³/mol. The minimum atomic E-state index is 0.538. The Morgan fingerprint density at radius 3 is 2.93 bits per heavy atom. The molecule has 0 spiro atoms. The molecular formula is C10H7BrN2O. The van der Waals surface area contributed by atoms with Gasteiger partial charge in [-0.3, -0.25) is 0 Å². The Balaban J connectivity index is 2.81. The Bertz CT molecular complexity index is 525. The lowest BCUT2D eigenvalue weighted by atomic mass is 10.2. The molecule has 1 N–H and O–H groups in total. The molecule has 4 heteroatoms. The molecule has 0 aliphatic rings. The van der Waals surface area contributed by atoms with Crippen LogP contribution >= 0.6 is 15.9 Å². The second-order valence-electron chi connectivity index (χ2n) is 2.84. The van der Waals surface area contributed by atoms with E-state index in [9.17, 15) is 0 Å². The zero-order valence-electron chi connectivity index (χ0n) is 7.47. The van der Waals surface area contributed by atoms with Crippen molar-refractivity contribution >= 4 is 26.8 Å². The number of rotatable bonds is 1. The number of benzene rings is 1. The molecule has 14 heavy (non-hydrogen) atoms. The van der Waals surface area contributed by atoms with Gasteiger partial charge in [0, 0.05) is 5.39 Å². The van der Waals surface area contributed by atoms with Gasteiger partial charge in [-0.25, -0.2) is 0 Å². The second-order valence-corrected chi connectivity index (χ2v) is 3.69. The fourth-order valence-electron chi connectivity index (χ4n) is 1.42. The van der Waals surface area contributed by atoms with Crippen molar-refractivity contribution in [3.63, 3.8) is 0 Å². The smallest absolute Gasteiger partial charge is 0.142 e. The summed E-state index contributed by atoms with van der Waals surface area (Å²) in [5.41, 5.74) is 1.44. The van der Waals surface area contributed by atoms with Crippen LogP contribution in [-0.4, -0.2) is 12.1 Å². The third-order valence-corrected chi connectivity index (χ3v) is 2.66. The summed E-state index contributed by atoms with van der Waals surface area (Å²) in [5.74, 6) is 0.750. The molecule has 1 aromatic heterocycles. The van der Waals surface area contributed by atoms with Crippen molar-refractivity contribution in [1.82, 2.24) is 4.98 Å². The number of ether oxygens (including phenoxy) is 1. The number of aromatic amines is 1. The lowest BCUT2D eigenvalue weighted by Gasteiger charge is -2.03. The van der Waals surface area contributed by atoms with Crippen LogP contribution in [0.4, 0.5) is 0 Å². The quantitative estimate of drug-likeness (QED) is 0.847.